The van der Waals surface area contributed by atoms with Crippen molar-refractivity contribution in [3.05, 3.63) is 64.7 Å². The molecule has 1 atom stereocenters. The van der Waals surface area contributed by atoms with Crippen LogP contribution in [0, 0.1) is 0 Å². The average molecular weight is 471 g/mol. The molecule has 2 aromatic carbocycles. The van der Waals surface area contributed by atoms with E-state index in [0.29, 0.717) is 30.8 Å². The molecule has 0 unspecified atom stereocenters. The van der Waals surface area contributed by atoms with E-state index in [9.17, 15) is 9.59 Å². The number of carbonyl (C=O) groups is 2. The first-order valence-corrected chi connectivity index (χ1v) is 12.4. The molecule has 0 radical (unpaired) electrons. The Morgan fingerprint density at radius 1 is 1.09 bits per heavy atom. The lowest BCUT2D eigenvalue weighted by atomic mass is 9.95. The Bertz CT molecular complexity index is 910. The topological polar surface area (TPSA) is 58.6 Å². The number of amides is 2. The van der Waals surface area contributed by atoms with Crippen LogP contribution >= 0.6 is 11.6 Å². The fourth-order valence-electron chi connectivity index (χ4n) is 4.48. The summed E-state index contributed by atoms with van der Waals surface area (Å²) in [7, 11) is 1.63. The second-order valence-corrected chi connectivity index (χ2v) is 9.14. The molecule has 0 aromatic heterocycles. The van der Waals surface area contributed by atoms with Crippen LogP contribution in [0.2, 0.25) is 5.02 Å². The minimum absolute atomic E-state index is 0.0450. The third-order valence-electron chi connectivity index (χ3n) is 6.42. The fraction of sp³-hybridized carbons (Fsp3) is 0.481. The standard InChI is InChI=1S/C27H35ClN2O3/c1-3-25(27(32)29-22-10-5-4-6-11-22)30(19-20-13-16-23(33-2)17-14-20)26(31)18-15-21-9-7-8-12-24(21)28/h7-9,12-14,16-17,22,25H,3-6,10-11,15,18-19H2,1-2H3,(H,29,32)/t25-/m1/s1. The van der Waals surface area contributed by atoms with E-state index in [0.717, 1.165) is 42.6 Å². The highest BCUT2D eigenvalue weighted by Crippen LogP contribution is 2.22. The summed E-state index contributed by atoms with van der Waals surface area (Å²) in [6.45, 7) is 2.34. The van der Waals surface area contributed by atoms with Crippen LogP contribution in [0.3, 0.4) is 0 Å². The van der Waals surface area contributed by atoms with Crippen LogP contribution in [-0.4, -0.2) is 35.9 Å². The van der Waals surface area contributed by atoms with Gasteiger partial charge >= 0.3 is 0 Å². The lowest BCUT2D eigenvalue weighted by Crippen LogP contribution is -2.51. The molecular formula is C27H35ClN2O3. The van der Waals surface area contributed by atoms with Gasteiger partial charge in [-0.1, -0.05) is 68.1 Å². The van der Waals surface area contributed by atoms with Crippen molar-refractivity contribution < 1.29 is 14.3 Å². The Morgan fingerprint density at radius 2 is 1.79 bits per heavy atom. The van der Waals surface area contributed by atoms with Gasteiger partial charge in [-0.15, -0.1) is 0 Å². The number of hydrogen-bond donors (Lipinski definition) is 1. The van der Waals surface area contributed by atoms with Crippen molar-refractivity contribution in [2.75, 3.05) is 7.11 Å². The molecule has 0 bridgehead atoms. The highest BCUT2D eigenvalue weighted by Gasteiger charge is 2.30. The zero-order chi connectivity index (χ0) is 23.6. The third kappa shape index (κ3) is 7.23. The predicted molar refractivity (Wildman–Crippen MR) is 132 cm³/mol. The van der Waals surface area contributed by atoms with Gasteiger partial charge in [0.2, 0.25) is 11.8 Å². The minimum atomic E-state index is -0.507. The van der Waals surface area contributed by atoms with E-state index in [-0.39, 0.29) is 17.9 Å². The Morgan fingerprint density at radius 3 is 2.42 bits per heavy atom. The molecule has 5 nitrogen and oxygen atoms in total. The van der Waals surface area contributed by atoms with E-state index in [4.69, 9.17) is 16.3 Å². The van der Waals surface area contributed by atoms with Crippen LogP contribution in [0.5, 0.6) is 5.75 Å². The summed E-state index contributed by atoms with van der Waals surface area (Å²) >= 11 is 6.29. The molecule has 6 heteroatoms. The molecule has 33 heavy (non-hydrogen) atoms. The first kappa shape index (κ1) is 25.1. The summed E-state index contributed by atoms with van der Waals surface area (Å²) in [5.74, 6) is 0.665. The van der Waals surface area contributed by atoms with Crippen LogP contribution in [0.15, 0.2) is 48.5 Å². The van der Waals surface area contributed by atoms with Crippen LogP contribution < -0.4 is 10.1 Å². The smallest absolute Gasteiger partial charge is 0.243 e. The van der Waals surface area contributed by atoms with Crippen molar-refractivity contribution in [2.24, 2.45) is 0 Å². The Labute approximate surface area is 202 Å². The fourth-order valence-corrected chi connectivity index (χ4v) is 4.71. The molecule has 2 amide bonds. The van der Waals surface area contributed by atoms with E-state index in [1.54, 1.807) is 12.0 Å². The Balaban J connectivity index is 1.76. The maximum Gasteiger partial charge on any atom is 0.243 e. The third-order valence-corrected chi connectivity index (χ3v) is 6.78. The zero-order valence-electron chi connectivity index (χ0n) is 19.7. The van der Waals surface area contributed by atoms with Crippen LogP contribution in [0.1, 0.15) is 63.0 Å². The zero-order valence-corrected chi connectivity index (χ0v) is 20.4. The van der Waals surface area contributed by atoms with E-state index in [1.165, 1.54) is 6.42 Å². The van der Waals surface area contributed by atoms with Crippen molar-refractivity contribution in [2.45, 2.75) is 76.9 Å². The molecule has 2 aromatic rings. The molecule has 0 heterocycles. The van der Waals surface area contributed by atoms with Crippen molar-refractivity contribution in [3.8, 4) is 5.75 Å². The van der Waals surface area contributed by atoms with Gasteiger partial charge in [0.25, 0.3) is 0 Å². The van der Waals surface area contributed by atoms with Gasteiger partial charge in [-0.05, 0) is 55.0 Å². The summed E-state index contributed by atoms with van der Waals surface area (Å²) < 4.78 is 5.25. The monoisotopic (exact) mass is 470 g/mol. The number of nitrogens with zero attached hydrogens (tertiary/aromatic N) is 1. The molecule has 1 aliphatic carbocycles. The number of carbonyl (C=O) groups excluding carboxylic acids is 2. The summed E-state index contributed by atoms with van der Waals surface area (Å²) in [5.41, 5.74) is 1.91. The molecule has 1 saturated carbocycles. The molecule has 178 valence electrons. The van der Waals surface area contributed by atoms with E-state index >= 15 is 0 Å². The minimum Gasteiger partial charge on any atom is -0.497 e. The van der Waals surface area contributed by atoms with Gasteiger partial charge in [-0.25, -0.2) is 0 Å². The highest BCUT2D eigenvalue weighted by atomic mass is 35.5. The van der Waals surface area contributed by atoms with Gasteiger partial charge in [0.1, 0.15) is 11.8 Å². The molecule has 1 N–H and O–H groups in total. The maximum atomic E-state index is 13.4. The van der Waals surface area contributed by atoms with Gasteiger partial charge < -0.3 is 15.0 Å². The van der Waals surface area contributed by atoms with E-state index in [1.807, 2.05) is 55.5 Å². The maximum absolute atomic E-state index is 13.4. The largest absolute Gasteiger partial charge is 0.497 e. The Hall–Kier alpha value is -2.53. The van der Waals surface area contributed by atoms with Gasteiger partial charge in [-0.3, -0.25) is 9.59 Å². The normalized spacial score (nSPS) is 15.0. The predicted octanol–water partition coefficient (Wildman–Crippen LogP) is 5.54. The first-order valence-electron chi connectivity index (χ1n) is 12.0. The molecule has 3 rings (SSSR count). The van der Waals surface area contributed by atoms with Gasteiger partial charge in [0.05, 0.1) is 7.11 Å². The quantitative estimate of drug-likeness (QED) is 0.496. The summed E-state index contributed by atoms with van der Waals surface area (Å²) in [4.78, 5) is 28.4. The molecule has 1 fully saturated rings. The lowest BCUT2D eigenvalue weighted by molar-refractivity contribution is -0.141. The van der Waals surface area contributed by atoms with Crippen LogP contribution in [0.25, 0.3) is 0 Å². The molecule has 0 aliphatic heterocycles. The summed E-state index contributed by atoms with van der Waals surface area (Å²) in [5, 5.41) is 3.88. The number of ether oxygens (including phenoxy) is 1. The number of benzene rings is 2. The van der Waals surface area contributed by atoms with Gasteiger partial charge in [0.15, 0.2) is 0 Å². The Kier molecular flexibility index (Phi) is 9.61. The number of hydrogen-bond acceptors (Lipinski definition) is 3. The van der Waals surface area contributed by atoms with Gasteiger partial charge in [0, 0.05) is 24.0 Å². The van der Waals surface area contributed by atoms with Crippen molar-refractivity contribution in [1.29, 1.82) is 0 Å². The number of aryl methyl sites for hydroxylation is 1. The van der Waals surface area contributed by atoms with Crippen LogP contribution in [0.4, 0.5) is 0 Å². The van der Waals surface area contributed by atoms with Crippen LogP contribution in [-0.2, 0) is 22.6 Å². The first-order chi connectivity index (χ1) is 16.0. The van der Waals surface area contributed by atoms with Crippen molar-refractivity contribution in [3.63, 3.8) is 0 Å². The average Bonchev–Trinajstić information content (AvgIpc) is 2.84. The number of methoxy groups -OCH3 is 1. The van der Waals surface area contributed by atoms with Crippen molar-refractivity contribution >= 4 is 23.4 Å². The highest BCUT2D eigenvalue weighted by molar-refractivity contribution is 6.31. The second-order valence-electron chi connectivity index (χ2n) is 8.73. The SMILES string of the molecule is CC[C@H](C(=O)NC1CCCCC1)N(Cc1ccc(OC)cc1)C(=O)CCc1ccccc1Cl. The lowest BCUT2D eigenvalue weighted by Gasteiger charge is -2.33. The second kappa shape index (κ2) is 12.6. The number of halogens is 1. The molecule has 0 saturated heterocycles. The van der Waals surface area contributed by atoms with Gasteiger partial charge in [-0.2, -0.15) is 0 Å². The molecular weight excluding hydrogens is 436 g/mol. The summed E-state index contributed by atoms with van der Waals surface area (Å²) in [6.07, 6.45) is 6.95. The number of rotatable bonds is 10. The summed E-state index contributed by atoms with van der Waals surface area (Å²) in [6, 6.07) is 14.9. The molecule has 1 aliphatic rings. The number of nitrogens with one attached hydrogen (secondary N) is 1. The molecule has 0 spiro atoms. The van der Waals surface area contributed by atoms with Crippen molar-refractivity contribution in [1.82, 2.24) is 10.2 Å². The van der Waals surface area contributed by atoms with E-state index in [2.05, 4.69) is 5.32 Å². The van der Waals surface area contributed by atoms with E-state index < -0.39 is 6.04 Å².